The minimum atomic E-state index is -4.36. The van der Waals surface area contributed by atoms with E-state index in [1.54, 1.807) is 6.07 Å². The molecule has 1 fully saturated rings. The second-order valence-electron chi connectivity index (χ2n) is 5.20. The highest BCUT2D eigenvalue weighted by atomic mass is 19.4. The van der Waals surface area contributed by atoms with E-state index in [-0.39, 0.29) is 11.8 Å². The maximum atomic E-state index is 13.0. The Hall–Kier alpha value is -1.27. The predicted octanol–water partition coefficient (Wildman–Crippen LogP) is 3.07. The lowest BCUT2D eigenvalue weighted by Gasteiger charge is -2.35. The van der Waals surface area contributed by atoms with Crippen molar-refractivity contribution in [2.24, 2.45) is 0 Å². The third-order valence-electron chi connectivity index (χ3n) is 3.86. The van der Waals surface area contributed by atoms with Crippen molar-refractivity contribution >= 4 is 0 Å². The molecule has 1 atom stereocenters. The molecule has 0 amide bonds. The van der Waals surface area contributed by atoms with E-state index in [1.165, 1.54) is 13.2 Å². The first-order chi connectivity index (χ1) is 9.95. The van der Waals surface area contributed by atoms with Crippen LogP contribution in [-0.4, -0.2) is 38.2 Å². The van der Waals surface area contributed by atoms with Crippen molar-refractivity contribution in [1.29, 1.82) is 0 Å². The molecule has 0 aromatic heterocycles. The minimum absolute atomic E-state index is 0.0108. The van der Waals surface area contributed by atoms with Crippen LogP contribution in [0.25, 0.3) is 0 Å². The van der Waals surface area contributed by atoms with E-state index in [1.807, 2.05) is 6.92 Å². The molecule has 0 bridgehead atoms. The van der Waals surface area contributed by atoms with Gasteiger partial charge in [0, 0.05) is 32.2 Å². The van der Waals surface area contributed by atoms with Gasteiger partial charge in [0.05, 0.1) is 12.7 Å². The normalized spacial score (nSPS) is 18.5. The van der Waals surface area contributed by atoms with Gasteiger partial charge in [0.15, 0.2) is 0 Å². The van der Waals surface area contributed by atoms with E-state index in [0.29, 0.717) is 5.56 Å². The van der Waals surface area contributed by atoms with Gasteiger partial charge in [-0.2, -0.15) is 13.2 Å². The van der Waals surface area contributed by atoms with Crippen LogP contribution in [0, 0.1) is 0 Å². The number of piperazine rings is 1. The fraction of sp³-hybridized carbons (Fsp3) is 0.600. The van der Waals surface area contributed by atoms with E-state index in [9.17, 15) is 13.2 Å². The lowest BCUT2D eigenvalue weighted by atomic mass is 9.99. The number of ether oxygens (including phenoxy) is 1. The Kier molecular flexibility index (Phi) is 5.11. The molecule has 1 aliphatic heterocycles. The van der Waals surface area contributed by atoms with Gasteiger partial charge in [-0.05, 0) is 30.2 Å². The van der Waals surface area contributed by atoms with Crippen LogP contribution in [0.4, 0.5) is 13.2 Å². The Bertz CT molecular complexity index is 470. The number of nitrogens with one attached hydrogen (secondary N) is 1. The molecule has 0 radical (unpaired) electrons. The maximum absolute atomic E-state index is 13.0. The zero-order valence-corrected chi connectivity index (χ0v) is 12.3. The van der Waals surface area contributed by atoms with Crippen molar-refractivity contribution in [2.45, 2.75) is 25.6 Å². The highest BCUT2D eigenvalue weighted by molar-refractivity contribution is 5.37. The molecule has 1 N–H and O–H groups in total. The van der Waals surface area contributed by atoms with Crippen molar-refractivity contribution in [3.05, 3.63) is 29.3 Å². The summed E-state index contributed by atoms with van der Waals surface area (Å²) >= 11 is 0. The Balaban J connectivity index is 2.35. The Labute approximate surface area is 123 Å². The molecule has 0 unspecified atom stereocenters. The quantitative estimate of drug-likeness (QED) is 0.925. The smallest absolute Gasteiger partial charge is 0.416 e. The van der Waals surface area contributed by atoms with Crippen LogP contribution in [0.2, 0.25) is 0 Å². The largest absolute Gasteiger partial charge is 0.497 e. The summed E-state index contributed by atoms with van der Waals surface area (Å²) in [7, 11) is 1.39. The van der Waals surface area contributed by atoms with Crippen molar-refractivity contribution < 1.29 is 17.9 Å². The average molecular weight is 302 g/mol. The van der Waals surface area contributed by atoms with Crippen LogP contribution in [-0.2, 0) is 6.18 Å². The highest BCUT2D eigenvalue weighted by Crippen LogP contribution is 2.36. The van der Waals surface area contributed by atoms with Crippen molar-refractivity contribution in [2.75, 3.05) is 33.3 Å². The lowest BCUT2D eigenvalue weighted by molar-refractivity contribution is -0.137. The van der Waals surface area contributed by atoms with Gasteiger partial charge in [-0.25, -0.2) is 0 Å². The van der Waals surface area contributed by atoms with Gasteiger partial charge in [0.1, 0.15) is 5.75 Å². The predicted molar refractivity (Wildman–Crippen MR) is 75.5 cm³/mol. The Morgan fingerprint density at radius 2 is 1.90 bits per heavy atom. The van der Waals surface area contributed by atoms with Crippen LogP contribution in [0.5, 0.6) is 5.75 Å². The summed E-state index contributed by atoms with van der Waals surface area (Å²) in [4.78, 5) is 2.23. The van der Waals surface area contributed by atoms with Gasteiger partial charge in [-0.3, -0.25) is 4.90 Å². The fourth-order valence-electron chi connectivity index (χ4n) is 2.79. The molecule has 118 valence electrons. The molecule has 1 aromatic rings. The summed E-state index contributed by atoms with van der Waals surface area (Å²) in [5, 5.41) is 3.26. The van der Waals surface area contributed by atoms with E-state index < -0.39 is 11.7 Å². The first-order valence-corrected chi connectivity index (χ1v) is 7.16. The summed E-state index contributed by atoms with van der Waals surface area (Å²) in [6.45, 7) is 5.42. The van der Waals surface area contributed by atoms with Crippen molar-refractivity contribution in [3.8, 4) is 5.75 Å². The standard InChI is InChI=1S/C15H21F3N2O/c1-3-14(20-6-4-19-5-7-20)11-8-12(15(16,17)18)10-13(9-11)21-2/h8-10,14,19H,3-7H2,1-2H3/t14-/m0/s1. The second kappa shape index (κ2) is 6.66. The van der Waals surface area contributed by atoms with Crippen LogP contribution < -0.4 is 10.1 Å². The summed E-state index contributed by atoms with van der Waals surface area (Å²) in [5.74, 6) is 0.258. The lowest BCUT2D eigenvalue weighted by Crippen LogP contribution is -2.45. The summed E-state index contributed by atoms with van der Waals surface area (Å²) in [5.41, 5.74) is 0.0245. The molecule has 1 aliphatic rings. The van der Waals surface area contributed by atoms with Gasteiger partial charge in [0.25, 0.3) is 0 Å². The minimum Gasteiger partial charge on any atom is -0.497 e. The summed E-state index contributed by atoms with van der Waals surface area (Å²) in [6, 6.07) is 4.00. The molecular formula is C15H21F3N2O. The molecule has 1 saturated heterocycles. The van der Waals surface area contributed by atoms with Gasteiger partial charge in [-0.15, -0.1) is 0 Å². The molecule has 21 heavy (non-hydrogen) atoms. The zero-order valence-electron chi connectivity index (χ0n) is 12.3. The Morgan fingerprint density at radius 1 is 1.24 bits per heavy atom. The monoisotopic (exact) mass is 302 g/mol. The van der Waals surface area contributed by atoms with Gasteiger partial charge < -0.3 is 10.1 Å². The van der Waals surface area contributed by atoms with E-state index in [0.717, 1.165) is 38.7 Å². The number of rotatable bonds is 4. The van der Waals surface area contributed by atoms with Gasteiger partial charge in [0.2, 0.25) is 0 Å². The third-order valence-corrected chi connectivity index (χ3v) is 3.86. The molecule has 3 nitrogen and oxygen atoms in total. The number of benzene rings is 1. The molecule has 2 rings (SSSR count). The third kappa shape index (κ3) is 3.89. The summed E-state index contributed by atoms with van der Waals surface area (Å²) in [6.07, 6.45) is -3.59. The molecule has 0 saturated carbocycles. The first kappa shape index (κ1) is 16.1. The van der Waals surface area contributed by atoms with Crippen LogP contribution in [0.1, 0.15) is 30.5 Å². The van der Waals surface area contributed by atoms with E-state index in [2.05, 4.69) is 10.2 Å². The summed E-state index contributed by atoms with van der Waals surface area (Å²) < 4.78 is 44.1. The maximum Gasteiger partial charge on any atom is 0.416 e. The average Bonchev–Trinajstić information content (AvgIpc) is 2.48. The number of methoxy groups -OCH3 is 1. The van der Waals surface area contributed by atoms with Crippen molar-refractivity contribution in [1.82, 2.24) is 10.2 Å². The van der Waals surface area contributed by atoms with Gasteiger partial charge >= 0.3 is 6.18 Å². The van der Waals surface area contributed by atoms with Crippen molar-refractivity contribution in [3.63, 3.8) is 0 Å². The number of alkyl halides is 3. The van der Waals surface area contributed by atoms with Crippen LogP contribution in [0.15, 0.2) is 18.2 Å². The molecule has 0 spiro atoms. The Morgan fingerprint density at radius 3 is 2.43 bits per heavy atom. The number of nitrogens with zero attached hydrogens (tertiary/aromatic N) is 1. The zero-order chi connectivity index (χ0) is 15.5. The van der Waals surface area contributed by atoms with E-state index >= 15 is 0 Å². The first-order valence-electron chi connectivity index (χ1n) is 7.16. The SMILES string of the molecule is CC[C@@H](c1cc(OC)cc(C(F)(F)F)c1)N1CCNCC1. The second-order valence-corrected chi connectivity index (χ2v) is 5.20. The molecule has 1 heterocycles. The number of hydrogen-bond donors (Lipinski definition) is 1. The fourth-order valence-corrected chi connectivity index (χ4v) is 2.79. The van der Waals surface area contributed by atoms with Crippen LogP contribution >= 0.6 is 0 Å². The highest BCUT2D eigenvalue weighted by Gasteiger charge is 2.32. The molecule has 1 aromatic carbocycles. The molecule has 0 aliphatic carbocycles. The topological polar surface area (TPSA) is 24.5 Å². The number of hydrogen-bond acceptors (Lipinski definition) is 3. The molecule has 6 heteroatoms. The number of halogens is 3. The molecular weight excluding hydrogens is 281 g/mol. The van der Waals surface area contributed by atoms with Gasteiger partial charge in [-0.1, -0.05) is 6.92 Å². The van der Waals surface area contributed by atoms with E-state index in [4.69, 9.17) is 4.74 Å². The van der Waals surface area contributed by atoms with Crippen LogP contribution in [0.3, 0.4) is 0 Å².